The molecule has 0 spiro atoms. The number of hydrogen-bond acceptors (Lipinski definition) is 5. The molecule has 0 aromatic carbocycles. The standard InChI is InChI=1S/C13H13Cl5O5/c14-9(19)2-1-6(11(16)21)3-7(12(17)22)4-8(13(18)23)5-10(15)20/h6-8H,1-5H2. The molecule has 0 heterocycles. The van der Waals surface area contributed by atoms with Crippen molar-refractivity contribution in [1.82, 2.24) is 0 Å². The molecular weight excluding hydrogens is 413 g/mol. The Bertz CT molecular complexity index is 493. The summed E-state index contributed by atoms with van der Waals surface area (Å²) in [5, 5.41) is -3.85. The fraction of sp³-hybridized carbons (Fsp3) is 0.615. The van der Waals surface area contributed by atoms with Gasteiger partial charge in [0.15, 0.2) is 0 Å². The Hall–Kier alpha value is -0.200. The van der Waals surface area contributed by atoms with Crippen molar-refractivity contribution in [2.45, 2.75) is 32.1 Å². The average molecular weight is 427 g/mol. The SMILES string of the molecule is O=C(Cl)CCC(CC(CC(CC(=O)Cl)C(=O)Cl)C(=O)Cl)C(=O)Cl. The van der Waals surface area contributed by atoms with E-state index >= 15 is 0 Å². The molecule has 0 amide bonds. The maximum Gasteiger partial charge on any atom is 0.225 e. The van der Waals surface area contributed by atoms with Gasteiger partial charge in [0.05, 0.1) is 0 Å². The zero-order valence-electron chi connectivity index (χ0n) is 11.7. The van der Waals surface area contributed by atoms with Gasteiger partial charge in [-0.05, 0) is 77.3 Å². The van der Waals surface area contributed by atoms with Crippen LogP contribution in [0.1, 0.15) is 32.1 Å². The summed E-state index contributed by atoms with van der Waals surface area (Å²) >= 11 is 26.7. The lowest BCUT2D eigenvalue weighted by Gasteiger charge is -2.20. The summed E-state index contributed by atoms with van der Waals surface area (Å²) in [5.74, 6) is -2.79. The quantitative estimate of drug-likeness (QED) is 0.445. The van der Waals surface area contributed by atoms with Gasteiger partial charge >= 0.3 is 0 Å². The molecule has 0 aromatic rings. The Kier molecular flexibility index (Phi) is 11.3. The summed E-state index contributed by atoms with van der Waals surface area (Å²) in [6.45, 7) is 0. The minimum absolute atomic E-state index is 0.0409. The van der Waals surface area contributed by atoms with Crippen LogP contribution in [0.25, 0.3) is 0 Å². The summed E-state index contributed by atoms with van der Waals surface area (Å²) in [6, 6.07) is 0. The number of halogens is 5. The van der Waals surface area contributed by atoms with Gasteiger partial charge in [0.1, 0.15) is 0 Å². The van der Waals surface area contributed by atoms with Crippen LogP contribution in [-0.4, -0.2) is 26.2 Å². The van der Waals surface area contributed by atoms with Gasteiger partial charge < -0.3 is 0 Å². The fourth-order valence-corrected chi connectivity index (χ4v) is 2.87. The van der Waals surface area contributed by atoms with Gasteiger partial charge in [-0.2, -0.15) is 0 Å². The molecule has 130 valence electrons. The predicted molar refractivity (Wildman–Crippen MR) is 87.9 cm³/mol. The Labute approximate surface area is 157 Å². The Morgan fingerprint density at radius 3 is 1.39 bits per heavy atom. The Balaban J connectivity index is 5.02. The van der Waals surface area contributed by atoms with Crippen molar-refractivity contribution < 1.29 is 24.0 Å². The highest BCUT2D eigenvalue weighted by atomic mass is 35.5. The van der Waals surface area contributed by atoms with E-state index < -0.39 is 44.0 Å². The minimum Gasteiger partial charge on any atom is -0.281 e. The monoisotopic (exact) mass is 424 g/mol. The molecule has 3 unspecified atom stereocenters. The first-order valence-electron chi connectivity index (χ1n) is 6.49. The maximum atomic E-state index is 11.5. The zero-order valence-corrected chi connectivity index (χ0v) is 15.5. The molecule has 0 aliphatic heterocycles. The molecule has 5 nitrogen and oxygen atoms in total. The summed E-state index contributed by atoms with van der Waals surface area (Å²) in [4.78, 5) is 56.0. The van der Waals surface area contributed by atoms with Crippen LogP contribution in [-0.2, 0) is 24.0 Å². The molecule has 0 N–H and O–H groups in total. The highest BCUT2D eigenvalue weighted by Gasteiger charge is 2.31. The van der Waals surface area contributed by atoms with Crippen LogP contribution in [0.2, 0.25) is 0 Å². The summed E-state index contributed by atoms with van der Waals surface area (Å²) in [7, 11) is 0. The first-order chi connectivity index (χ1) is 10.5. The average Bonchev–Trinajstić information content (AvgIpc) is 2.39. The van der Waals surface area contributed by atoms with E-state index in [0.717, 1.165) is 0 Å². The molecule has 0 fully saturated rings. The van der Waals surface area contributed by atoms with E-state index in [4.69, 9.17) is 58.0 Å². The molecule has 10 heteroatoms. The molecule has 0 aromatic heterocycles. The largest absolute Gasteiger partial charge is 0.281 e. The number of carbonyl (C=O) groups is 5. The van der Waals surface area contributed by atoms with Gasteiger partial charge in [-0.3, -0.25) is 24.0 Å². The van der Waals surface area contributed by atoms with E-state index in [-0.39, 0.29) is 32.1 Å². The number of hydrogen-bond donors (Lipinski definition) is 0. The molecule has 0 saturated carbocycles. The van der Waals surface area contributed by atoms with Crippen LogP contribution in [0.15, 0.2) is 0 Å². The Morgan fingerprint density at radius 1 is 0.609 bits per heavy atom. The lowest BCUT2D eigenvalue weighted by atomic mass is 9.85. The smallest absolute Gasteiger partial charge is 0.225 e. The topological polar surface area (TPSA) is 85.3 Å². The summed E-state index contributed by atoms with van der Waals surface area (Å²) in [6.07, 6.45) is -0.667. The first kappa shape index (κ1) is 22.8. The molecule has 0 saturated heterocycles. The van der Waals surface area contributed by atoms with Crippen LogP contribution in [0.5, 0.6) is 0 Å². The van der Waals surface area contributed by atoms with Crippen LogP contribution in [0, 0.1) is 17.8 Å². The second-order valence-electron chi connectivity index (χ2n) is 4.93. The van der Waals surface area contributed by atoms with Crippen LogP contribution in [0.3, 0.4) is 0 Å². The molecule has 0 bridgehead atoms. The van der Waals surface area contributed by atoms with Gasteiger partial charge in [0, 0.05) is 30.6 Å². The highest BCUT2D eigenvalue weighted by Crippen LogP contribution is 2.29. The normalized spacial score (nSPS) is 14.7. The lowest BCUT2D eigenvalue weighted by molar-refractivity contribution is -0.122. The number of carbonyl (C=O) groups excluding carboxylic acids is 5. The maximum absolute atomic E-state index is 11.5. The van der Waals surface area contributed by atoms with Crippen LogP contribution in [0.4, 0.5) is 0 Å². The van der Waals surface area contributed by atoms with Crippen molar-refractivity contribution in [2.24, 2.45) is 17.8 Å². The summed E-state index contributed by atoms with van der Waals surface area (Å²) < 4.78 is 0. The van der Waals surface area contributed by atoms with E-state index in [1.165, 1.54) is 0 Å². The van der Waals surface area contributed by atoms with Crippen molar-refractivity contribution in [3.8, 4) is 0 Å². The zero-order chi connectivity index (χ0) is 18.2. The van der Waals surface area contributed by atoms with Gasteiger partial charge in [-0.25, -0.2) is 0 Å². The van der Waals surface area contributed by atoms with Gasteiger partial charge in [-0.15, -0.1) is 0 Å². The van der Waals surface area contributed by atoms with Crippen molar-refractivity contribution in [3.05, 3.63) is 0 Å². The summed E-state index contributed by atoms with van der Waals surface area (Å²) in [5.41, 5.74) is 0. The number of rotatable bonds is 12. The lowest BCUT2D eigenvalue weighted by Crippen LogP contribution is -2.24. The van der Waals surface area contributed by atoms with Crippen molar-refractivity contribution in [2.75, 3.05) is 0 Å². The molecule has 0 aliphatic rings. The van der Waals surface area contributed by atoms with Crippen molar-refractivity contribution >= 4 is 84.2 Å². The molecule has 0 aliphatic carbocycles. The van der Waals surface area contributed by atoms with Crippen molar-refractivity contribution in [3.63, 3.8) is 0 Å². The highest BCUT2D eigenvalue weighted by molar-refractivity contribution is 6.67. The third kappa shape index (κ3) is 10.3. The van der Waals surface area contributed by atoms with Gasteiger partial charge in [0.2, 0.25) is 26.2 Å². The van der Waals surface area contributed by atoms with Gasteiger partial charge in [-0.1, -0.05) is 0 Å². The molecule has 23 heavy (non-hydrogen) atoms. The minimum atomic E-state index is -1.00. The van der Waals surface area contributed by atoms with E-state index in [0.29, 0.717) is 0 Å². The van der Waals surface area contributed by atoms with Crippen LogP contribution >= 0.6 is 58.0 Å². The second-order valence-corrected chi connectivity index (χ2v) is 6.89. The third-order valence-corrected chi connectivity index (χ3v) is 4.47. The van der Waals surface area contributed by atoms with Crippen molar-refractivity contribution in [1.29, 1.82) is 0 Å². The second kappa shape index (κ2) is 11.4. The fourth-order valence-electron chi connectivity index (χ4n) is 2.03. The molecule has 0 radical (unpaired) electrons. The molecular formula is C13H13Cl5O5. The molecule has 3 atom stereocenters. The predicted octanol–water partition coefficient (Wildman–Crippen LogP) is 3.61. The van der Waals surface area contributed by atoms with Gasteiger partial charge in [0.25, 0.3) is 0 Å². The molecule has 0 rings (SSSR count). The third-order valence-electron chi connectivity index (χ3n) is 3.20. The Morgan fingerprint density at radius 2 is 1.04 bits per heavy atom. The van der Waals surface area contributed by atoms with E-state index in [9.17, 15) is 24.0 Å². The first-order valence-corrected chi connectivity index (χ1v) is 8.38. The van der Waals surface area contributed by atoms with E-state index in [1.54, 1.807) is 0 Å². The van der Waals surface area contributed by atoms with E-state index in [1.807, 2.05) is 0 Å². The van der Waals surface area contributed by atoms with E-state index in [2.05, 4.69) is 0 Å². The van der Waals surface area contributed by atoms with Crippen LogP contribution < -0.4 is 0 Å².